The van der Waals surface area contributed by atoms with Crippen LogP contribution in [-0.4, -0.2) is 39.9 Å². The summed E-state index contributed by atoms with van der Waals surface area (Å²) in [4.78, 5) is 18.8. The van der Waals surface area contributed by atoms with Crippen molar-refractivity contribution in [3.05, 3.63) is 36.0 Å². The van der Waals surface area contributed by atoms with Gasteiger partial charge in [-0.15, -0.1) is 0 Å². The van der Waals surface area contributed by atoms with Crippen molar-refractivity contribution in [1.82, 2.24) is 9.88 Å². The van der Waals surface area contributed by atoms with E-state index >= 15 is 0 Å². The maximum atomic E-state index is 12.6. The Morgan fingerprint density at radius 1 is 1.45 bits per heavy atom. The number of benzene rings is 1. The molecule has 1 atom stereocenters. The highest BCUT2D eigenvalue weighted by Gasteiger charge is 2.25. The van der Waals surface area contributed by atoms with E-state index in [4.69, 9.17) is 5.73 Å². The monoisotopic (exact) mass is 287 g/mol. The topological polar surface area (TPSA) is 59.2 Å². The van der Waals surface area contributed by atoms with Gasteiger partial charge in [0.2, 0.25) is 0 Å². The molecule has 1 aromatic heterocycles. The van der Waals surface area contributed by atoms with E-state index in [9.17, 15) is 4.79 Å². The molecule has 0 radical (unpaired) electrons. The highest BCUT2D eigenvalue weighted by Crippen LogP contribution is 2.23. The van der Waals surface area contributed by atoms with Gasteiger partial charge in [0.25, 0.3) is 5.91 Å². The molecule has 1 aromatic carbocycles. The van der Waals surface area contributed by atoms with Crippen molar-refractivity contribution in [2.24, 2.45) is 0 Å². The lowest BCUT2D eigenvalue weighted by atomic mass is 10.1. The van der Waals surface area contributed by atoms with Gasteiger partial charge in [-0.1, -0.05) is 24.3 Å². The number of anilines is 1. The van der Waals surface area contributed by atoms with E-state index in [0.29, 0.717) is 11.5 Å². The van der Waals surface area contributed by atoms with E-state index in [1.807, 2.05) is 47.0 Å². The van der Waals surface area contributed by atoms with Gasteiger partial charge in [0.15, 0.2) is 0 Å². The first-order valence-electron chi connectivity index (χ1n) is 6.71. The normalized spacial score (nSPS) is 19.2. The van der Waals surface area contributed by atoms with Crippen molar-refractivity contribution >= 4 is 34.3 Å². The van der Waals surface area contributed by atoms with Crippen LogP contribution in [0.2, 0.25) is 0 Å². The fourth-order valence-electron chi connectivity index (χ4n) is 2.51. The molecule has 5 heteroatoms. The minimum absolute atomic E-state index is 0.0183. The van der Waals surface area contributed by atoms with Gasteiger partial charge in [-0.05, 0) is 18.4 Å². The molecule has 0 spiro atoms. The number of carbonyl (C=O) groups excluding carboxylic acids is 1. The molecular weight excluding hydrogens is 270 g/mol. The number of aromatic nitrogens is 1. The van der Waals surface area contributed by atoms with Crippen LogP contribution in [0.3, 0.4) is 0 Å². The zero-order valence-electron chi connectivity index (χ0n) is 11.4. The van der Waals surface area contributed by atoms with Crippen LogP contribution in [-0.2, 0) is 0 Å². The highest BCUT2D eigenvalue weighted by atomic mass is 32.2. The van der Waals surface area contributed by atoms with Crippen LogP contribution in [0, 0.1) is 0 Å². The second-order valence-electron chi connectivity index (χ2n) is 5.04. The molecule has 1 unspecified atom stereocenters. The van der Waals surface area contributed by atoms with Gasteiger partial charge < -0.3 is 10.6 Å². The Morgan fingerprint density at radius 3 is 3.05 bits per heavy atom. The summed E-state index contributed by atoms with van der Waals surface area (Å²) < 4.78 is 0. The van der Waals surface area contributed by atoms with Crippen molar-refractivity contribution in [2.75, 3.05) is 23.8 Å². The van der Waals surface area contributed by atoms with Crippen molar-refractivity contribution in [3.63, 3.8) is 0 Å². The summed E-state index contributed by atoms with van der Waals surface area (Å²) in [6.45, 7) is 2.85. The largest absolute Gasteiger partial charge is 0.383 e. The molecular formula is C15H17N3OS. The van der Waals surface area contributed by atoms with Crippen LogP contribution >= 0.6 is 11.8 Å². The molecule has 3 rings (SSSR count). The number of rotatable bonds is 1. The number of nitrogens with zero attached hydrogens (tertiary/aromatic N) is 2. The van der Waals surface area contributed by atoms with Crippen LogP contribution in [0.15, 0.2) is 30.3 Å². The second-order valence-corrected chi connectivity index (χ2v) is 6.19. The summed E-state index contributed by atoms with van der Waals surface area (Å²) in [5, 5.41) is 1.86. The average molecular weight is 287 g/mol. The Labute approximate surface area is 122 Å². The van der Waals surface area contributed by atoms with Gasteiger partial charge in [0.05, 0.1) is 0 Å². The quantitative estimate of drug-likeness (QED) is 0.875. The second kappa shape index (κ2) is 5.32. The van der Waals surface area contributed by atoms with Crippen molar-refractivity contribution < 1.29 is 4.79 Å². The van der Waals surface area contributed by atoms with Crippen LogP contribution in [0.25, 0.3) is 10.8 Å². The smallest absolute Gasteiger partial charge is 0.272 e. The summed E-state index contributed by atoms with van der Waals surface area (Å²) in [7, 11) is 0. The maximum absolute atomic E-state index is 12.6. The summed E-state index contributed by atoms with van der Waals surface area (Å²) >= 11 is 1.89. The molecule has 0 bridgehead atoms. The van der Waals surface area contributed by atoms with Gasteiger partial charge in [-0.25, -0.2) is 4.98 Å². The Kier molecular flexibility index (Phi) is 3.53. The SMILES string of the molecule is CC1CSCCN1C(=O)c1cc2ccccc2c(N)n1. The third-order valence-electron chi connectivity index (χ3n) is 3.62. The van der Waals surface area contributed by atoms with Crippen LogP contribution in [0.1, 0.15) is 17.4 Å². The zero-order valence-corrected chi connectivity index (χ0v) is 12.2. The molecule has 0 saturated carbocycles. The fourth-order valence-corrected chi connectivity index (χ4v) is 3.52. The first-order chi connectivity index (χ1) is 9.66. The number of amides is 1. The molecule has 2 heterocycles. The molecule has 1 aliphatic heterocycles. The van der Waals surface area contributed by atoms with Crippen LogP contribution in [0.5, 0.6) is 0 Å². The van der Waals surface area contributed by atoms with E-state index in [1.54, 1.807) is 0 Å². The lowest BCUT2D eigenvalue weighted by Gasteiger charge is -2.32. The standard InChI is InChI=1S/C15H17N3OS/c1-10-9-20-7-6-18(10)15(19)13-8-11-4-2-3-5-12(11)14(16)17-13/h2-5,8,10H,6-7,9H2,1H3,(H2,16,17). The average Bonchev–Trinajstić information content (AvgIpc) is 2.47. The number of carbonyl (C=O) groups is 1. The van der Waals surface area contributed by atoms with Gasteiger partial charge in [0.1, 0.15) is 11.5 Å². The first kappa shape index (κ1) is 13.2. The lowest BCUT2D eigenvalue weighted by molar-refractivity contribution is 0.0710. The van der Waals surface area contributed by atoms with Crippen LogP contribution < -0.4 is 5.73 Å². The van der Waals surface area contributed by atoms with Crippen molar-refractivity contribution in [2.45, 2.75) is 13.0 Å². The molecule has 104 valence electrons. The molecule has 2 aromatic rings. The Bertz CT molecular complexity index is 659. The summed E-state index contributed by atoms with van der Waals surface area (Å²) in [5.74, 6) is 2.37. The third-order valence-corrected chi connectivity index (χ3v) is 4.81. The summed E-state index contributed by atoms with van der Waals surface area (Å²) in [5.41, 5.74) is 6.42. The summed E-state index contributed by atoms with van der Waals surface area (Å²) in [6.07, 6.45) is 0. The molecule has 1 fully saturated rings. The van der Waals surface area contributed by atoms with E-state index in [2.05, 4.69) is 11.9 Å². The maximum Gasteiger partial charge on any atom is 0.272 e. The van der Waals surface area contributed by atoms with Crippen molar-refractivity contribution in [1.29, 1.82) is 0 Å². The van der Waals surface area contributed by atoms with Gasteiger partial charge in [0, 0.05) is 29.5 Å². The van der Waals surface area contributed by atoms with E-state index in [1.165, 1.54) is 0 Å². The van der Waals surface area contributed by atoms with Gasteiger partial charge >= 0.3 is 0 Å². The van der Waals surface area contributed by atoms with Gasteiger partial charge in [-0.3, -0.25) is 4.79 Å². The highest BCUT2D eigenvalue weighted by molar-refractivity contribution is 7.99. The van der Waals surface area contributed by atoms with Crippen molar-refractivity contribution in [3.8, 4) is 0 Å². The molecule has 1 amide bonds. The predicted molar refractivity (Wildman–Crippen MR) is 84.0 cm³/mol. The molecule has 2 N–H and O–H groups in total. The third kappa shape index (κ3) is 2.33. The molecule has 1 aliphatic rings. The minimum atomic E-state index is -0.0183. The Hall–Kier alpha value is -1.75. The number of fused-ring (bicyclic) bond motifs is 1. The Balaban J connectivity index is 1.99. The number of hydrogen-bond donors (Lipinski definition) is 1. The van der Waals surface area contributed by atoms with E-state index in [0.717, 1.165) is 28.8 Å². The number of pyridine rings is 1. The first-order valence-corrected chi connectivity index (χ1v) is 7.86. The minimum Gasteiger partial charge on any atom is -0.383 e. The fraction of sp³-hybridized carbons (Fsp3) is 0.333. The van der Waals surface area contributed by atoms with E-state index < -0.39 is 0 Å². The Morgan fingerprint density at radius 2 is 2.25 bits per heavy atom. The zero-order chi connectivity index (χ0) is 14.1. The predicted octanol–water partition coefficient (Wildman–Crippen LogP) is 2.39. The molecule has 1 saturated heterocycles. The number of thioether (sulfide) groups is 1. The molecule has 4 nitrogen and oxygen atoms in total. The summed E-state index contributed by atoms with van der Waals surface area (Å²) in [6, 6.07) is 9.83. The molecule has 0 aliphatic carbocycles. The number of nitrogen functional groups attached to an aromatic ring is 1. The number of hydrogen-bond acceptors (Lipinski definition) is 4. The molecule has 20 heavy (non-hydrogen) atoms. The van der Waals surface area contributed by atoms with E-state index in [-0.39, 0.29) is 11.9 Å². The van der Waals surface area contributed by atoms with Gasteiger partial charge in [-0.2, -0.15) is 11.8 Å². The van der Waals surface area contributed by atoms with Crippen LogP contribution in [0.4, 0.5) is 5.82 Å². The number of nitrogens with two attached hydrogens (primary N) is 1. The lowest BCUT2D eigenvalue weighted by Crippen LogP contribution is -2.44.